The number of rotatable bonds is 13. The third kappa shape index (κ3) is 5.82. The smallest absolute Gasteiger partial charge is 0.334 e. The summed E-state index contributed by atoms with van der Waals surface area (Å²) in [6, 6.07) is 0. The Bertz CT molecular complexity index is 451. The topological polar surface area (TPSA) is 54.0 Å². The van der Waals surface area contributed by atoms with Gasteiger partial charge >= 0.3 is 5.97 Å². The van der Waals surface area contributed by atoms with E-state index in [9.17, 15) is 4.79 Å². The van der Waals surface area contributed by atoms with Crippen LogP contribution < -0.4 is 0 Å². The minimum atomic E-state index is -0.302. The SMILES string of the molecule is CCC(CC)=C1C(=O)O[C@H](COCOCCOC)[C@H]1C(SC)(SC)SC. The maximum Gasteiger partial charge on any atom is 0.334 e. The quantitative estimate of drug-likeness (QED) is 0.190. The van der Waals surface area contributed by atoms with Crippen LogP contribution in [0.1, 0.15) is 26.7 Å². The molecule has 1 rings (SSSR count). The van der Waals surface area contributed by atoms with Crippen LogP contribution in [0, 0.1) is 5.92 Å². The highest BCUT2D eigenvalue weighted by Crippen LogP contribution is 2.56. The molecule has 0 aromatic carbocycles. The molecule has 0 radical (unpaired) electrons. The number of allylic oxidation sites excluding steroid dienone is 1. The van der Waals surface area contributed by atoms with Crippen LogP contribution in [0.15, 0.2) is 11.1 Å². The molecule has 0 saturated carbocycles. The number of carbonyl (C=O) groups excluding carboxylic acids is 1. The molecule has 5 nitrogen and oxygen atoms in total. The molecule has 1 saturated heterocycles. The fourth-order valence-corrected chi connectivity index (χ4v) is 6.74. The molecule has 0 N–H and O–H groups in total. The second-order valence-electron chi connectivity index (χ2n) is 5.75. The largest absolute Gasteiger partial charge is 0.456 e. The molecule has 152 valence electrons. The van der Waals surface area contributed by atoms with Crippen LogP contribution in [0.3, 0.4) is 0 Å². The van der Waals surface area contributed by atoms with Crippen LogP contribution in [0.25, 0.3) is 0 Å². The molecule has 1 aliphatic rings. The Morgan fingerprint density at radius 1 is 1.08 bits per heavy atom. The Balaban J connectivity index is 3.01. The van der Waals surface area contributed by atoms with E-state index < -0.39 is 0 Å². The van der Waals surface area contributed by atoms with Gasteiger partial charge in [0.05, 0.1) is 25.7 Å². The van der Waals surface area contributed by atoms with Gasteiger partial charge in [0, 0.05) is 12.7 Å². The van der Waals surface area contributed by atoms with E-state index in [1.54, 1.807) is 42.4 Å². The number of ether oxygens (including phenoxy) is 4. The molecule has 0 unspecified atom stereocenters. The summed E-state index contributed by atoms with van der Waals surface area (Å²) in [6.07, 6.45) is 7.70. The van der Waals surface area contributed by atoms with Crippen molar-refractivity contribution in [1.82, 2.24) is 0 Å². The van der Waals surface area contributed by atoms with Crippen molar-refractivity contribution < 1.29 is 23.7 Å². The Morgan fingerprint density at radius 2 is 1.69 bits per heavy atom. The van der Waals surface area contributed by atoms with E-state index in [2.05, 4.69) is 32.6 Å². The molecule has 26 heavy (non-hydrogen) atoms. The van der Waals surface area contributed by atoms with Crippen LogP contribution in [0.5, 0.6) is 0 Å². The molecule has 0 aliphatic carbocycles. The van der Waals surface area contributed by atoms with E-state index in [4.69, 9.17) is 18.9 Å². The zero-order chi connectivity index (χ0) is 19.6. The minimum absolute atomic E-state index is 0.0242. The van der Waals surface area contributed by atoms with Crippen molar-refractivity contribution in [2.24, 2.45) is 5.92 Å². The number of carbonyl (C=O) groups is 1. The van der Waals surface area contributed by atoms with Gasteiger partial charge < -0.3 is 18.9 Å². The molecular weight excluding hydrogens is 392 g/mol. The van der Waals surface area contributed by atoms with E-state index in [-0.39, 0.29) is 28.2 Å². The number of hydrogen-bond donors (Lipinski definition) is 0. The van der Waals surface area contributed by atoms with Gasteiger partial charge in [0.2, 0.25) is 0 Å². The second kappa shape index (κ2) is 12.6. The predicted molar refractivity (Wildman–Crippen MR) is 113 cm³/mol. The zero-order valence-corrected chi connectivity index (χ0v) is 19.1. The van der Waals surface area contributed by atoms with Crippen molar-refractivity contribution in [1.29, 1.82) is 0 Å². The molecule has 8 heteroatoms. The lowest BCUT2D eigenvalue weighted by Crippen LogP contribution is -2.37. The van der Waals surface area contributed by atoms with Crippen LogP contribution in [-0.2, 0) is 23.7 Å². The molecule has 0 aromatic rings. The summed E-state index contributed by atoms with van der Waals surface area (Å²) in [5.41, 5.74) is 2.03. The van der Waals surface area contributed by atoms with E-state index >= 15 is 0 Å². The van der Waals surface area contributed by atoms with E-state index in [1.165, 1.54) is 5.57 Å². The van der Waals surface area contributed by atoms with Gasteiger partial charge in [-0.05, 0) is 31.6 Å². The van der Waals surface area contributed by atoms with Crippen LogP contribution >= 0.6 is 35.3 Å². The van der Waals surface area contributed by atoms with Crippen molar-refractivity contribution in [2.45, 2.75) is 36.2 Å². The Labute approximate surface area is 170 Å². The maximum absolute atomic E-state index is 12.7. The van der Waals surface area contributed by atoms with E-state index in [0.717, 1.165) is 18.4 Å². The lowest BCUT2D eigenvalue weighted by molar-refractivity contribution is -0.145. The van der Waals surface area contributed by atoms with Gasteiger partial charge in [0.25, 0.3) is 0 Å². The summed E-state index contributed by atoms with van der Waals surface area (Å²) in [5, 5.41) is 0. The van der Waals surface area contributed by atoms with Crippen molar-refractivity contribution in [2.75, 3.05) is 52.5 Å². The highest BCUT2D eigenvalue weighted by atomic mass is 32.3. The number of cyclic esters (lactones) is 1. The summed E-state index contributed by atoms with van der Waals surface area (Å²) in [5.74, 6) is -0.215. The summed E-state index contributed by atoms with van der Waals surface area (Å²) < 4.78 is 21.5. The van der Waals surface area contributed by atoms with Crippen LogP contribution in [0.4, 0.5) is 0 Å². The molecule has 0 bridgehead atoms. The van der Waals surface area contributed by atoms with Gasteiger partial charge in [-0.3, -0.25) is 0 Å². The van der Waals surface area contributed by atoms with Gasteiger partial charge in [0.15, 0.2) is 0 Å². The summed E-state index contributed by atoms with van der Waals surface area (Å²) in [7, 11) is 1.63. The number of methoxy groups -OCH3 is 1. The molecule has 0 amide bonds. The first kappa shape index (κ1) is 24.2. The first-order valence-corrected chi connectivity index (χ1v) is 12.4. The van der Waals surface area contributed by atoms with Crippen molar-refractivity contribution in [3.63, 3.8) is 0 Å². The fraction of sp³-hybridized carbons (Fsp3) is 0.833. The van der Waals surface area contributed by atoms with Gasteiger partial charge in [-0.25, -0.2) is 4.79 Å². The van der Waals surface area contributed by atoms with E-state index in [0.29, 0.717) is 19.8 Å². The highest BCUT2D eigenvalue weighted by Gasteiger charge is 2.53. The number of thioether (sulfide) groups is 3. The third-order valence-electron chi connectivity index (χ3n) is 4.51. The molecular formula is C18H32O5S3. The fourth-order valence-electron chi connectivity index (χ4n) is 3.17. The average Bonchev–Trinajstić information content (AvgIpc) is 2.98. The standard InChI is InChI=1S/C18H32O5S3/c1-7-13(8-2)15-16(18(24-4,25-5)26-6)14(23-17(15)19)11-22-12-21-10-9-20-3/h14,16H,7-12H2,1-6H3/t14-,16-/m1/s1. The molecule has 1 aliphatic heterocycles. The highest BCUT2D eigenvalue weighted by molar-refractivity contribution is 8.33. The van der Waals surface area contributed by atoms with Gasteiger partial charge in [-0.15, -0.1) is 35.3 Å². The van der Waals surface area contributed by atoms with Gasteiger partial charge in [0.1, 0.15) is 16.3 Å². The normalized spacial score (nSPS) is 20.5. The van der Waals surface area contributed by atoms with Crippen LogP contribution in [-0.4, -0.2) is 68.0 Å². The Kier molecular flexibility index (Phi) is 11.7. The average molecular weight is 425 g/mol. The number of esters is 1. The minimum Gasteiger partial charge on any atom is -0.456 e. The Morgan fingerprint density at radius 3 is 2.19 bits per heavy atom. The summed E-state index contributed by atoms with van der Waals surface area (Å²) in [6.45, 7) is 5.71. The lowest BCUT2D eigenvalue weighted by Gasteiger charge is -2.37. The second-order valence-corrected chi connectivity index (χ2v) is 9.68. The maximum atomic E-state index is 12.7. The third-order valence-corrected chi connectivity index (χ3v) is 9.98. The van der Waals surface area contributed by atoms with E-state index in [1.807, 2.05) is 0 Å². The van der Waals surface area contributed by atoms with Crippen molar-refractivity contribution in [3.05, 3.63) is 11.1 Å². The summed E-state index contributed by atoms with van der Waals surface area (Å²) >= 11 is 5.31. The van der Waals surface area contributed by atoms with Crippen LogP contribution in [0.2, 0.25) is 0 Å². The molecule has 1 heterocycles. The molecule has 1 fully saturated rings. The molecule has 0 aromatic heterocycles. The van der Waals surface area contributed by atoms with Crippen molar-refractivity contribution in [3.8, 4) is 0 Å². The summed E-state index contributed by atoms with van der Waals surface area (Å²) in [4.78, 5) is 12.7. The lowest BCUT2D eigenvalue weighted by atomic mass is 9.91. The number of hydrogen-bond acceptors (Lipinski definition) is 8. The zero-order valence-electron chi connectivity index (χ0n) is 16.7. The first-order chi connectivity index (χ1) is 12.5. The first-order valence-electron chi connectivity index (χ1n) is 8.77. The Hall–Kier alpha value is 0.140. The molecule has 0 spiro atoms. The van der Waals surface area contributed by atoms with Crippen molar-refractivity contribution >= 4 is 41.3 Å². The molecule has 2 atom stereocenters. The van der Waals surface area contributed by atoms with Gasteiger partial charge in [-0.1, -0.05) is 19.4 Å². The monoisotopic (exact) mass is 424 g/mol. The van der Waals surface area contributed by atoms with Gasteiger partial charge in [-0.2, -0.15) is 0 Å². The predicted octanol–water partition coefficient (Wildman–Crippen LogP) is 4.02.